The molecule has 0 saturated carbocycles. The zero-order valence-electron chi connectivity index (χ0n) is 8.32. The van der Waals surface area contributed by atoms with Crippen molar-refractivity contribution in [2.24, 2.45) is 0 Å². The molecule has 1 aliphatic rings. The average Bonchev–Trinajstić information content (AvgIpc) is 2.18. The lowest BCUT2D eigenvalue weighted by atomic mass is 10.2. The molecule has 1 aromatic carbocycles. The molecule has 0 amide bonds. The molecule has 0 spiro atoms. The zero-order chi connectivity index (χ0) is 9.97. The molecule has 0 saturated heterocycles. The molecule has 0 bridgehead atoms. The standard InChI is InChI=1S/C12H12NO/c1-10-8-11(2)14-13(9-10)12-6-4-3-5-7-12/h3-7,9H,1-2H3. The van der Waals surface area contributed by atoms with Crippen molar-refractivity contribution < 1.29 is 4.84 Å². The lowest BCUT2D eigenvalue weighted by Crippen LogP contribution is -2.19. The summed E-state index contributed by atoms with van der Waals surface area (Å²) in [7, 11) is 0. The highest BCUT2D eigenvalue weighted by atomic mass is 16.7. The molecule has 0 aliphatic carbocycles. The third kappa shape index (κ3) is 1.79. The van der Waals surface area contributed by atoms with E-state index < -0.39 is 0 Å². The van der Waals surface area contributed by atoms with Gasteiger partial charge in [-0.1, -0.05) is 18.2 Å². The van der Waals surface area contributed by atoms with E-state index in [1.807, 2.05) is 50.4 Å². The second kappa shape index (κ2) is 3.58. The summed E-state index contributed by atoms with van der Waals surface area (Å²) in [6, 6.07) is 9.96. The van der Waals surface area contributed by atoms with Crippen LogP contribution in [0.1, 0.15) is 13.8 Å². The van der Waals surface area contributed by atoms with Crippen LogP contribution in [-0.2, 0) is 4.84 Å². The van der Waals surface area contributed by atoms with Gasteiger partial charge in [-0.2, -0.15) is 5.06 Å². The van der Waals surface area contributed by atoms with Gasteiger partial charge in [0.2, 0.25) is 0 Å². The fourth-order valence-corrected chi connectivity index (χ4v) is 1.38. The highest BCUT2D eigenvalue weighted by Gasteiger charge is 2.09. The van der Waals surface area contributed by atoms with E-state index >= 15 is 0 Å². The van der Waals surface area contributed by atoms with E-state index in [-0.39, 0.29) is 0 Å². The monoisotopic (exact) mass is 186 g/mol. The van der Waals surface area contributed by atoms with E-state index in [0.29, 0.717) is 0 Å². The SMILES string of the molecule is CC1=[C]C(C)=CN(c2ccccc2)O1. The molecule has 14 heavy (non-hydrogen) atoms. The lowest BCUT2D eigenvalue weighted by molar-refractivity contribution is 0.205. The van der Waals surface area contributed by atoms with Crippen LogP contribution in [0.2, 0.25) is 0 Å². The van der Waals surface area contributed by atoms with Crippen molar-refractivity contribution in [2.75, 3.05) is 5.06 Å². The first-order valence-corrected chi connectivity index (χ1v) is 4.57. The van der Waals surface area contributed by atoms with Crippen molar-refractivity contribution in [1.82, 2.24) is 0 Å². The number of hydroxylamine groups is 1. The van der Waals surface area contributed by atoms with Crippen LogP contribution in [0.5, 0.6) is 0 Å². The number of nitrogens with zero attached hydrogens (tertiary/aromatic N) is 1. The van der Waals surface area contributed by atoms with Crippen molar-refractivity contribution in [3.63, 3.8) is 0 Å². The Hall–Kier alpha value is -1.70. The number of anilines is 1. The lowest BCUT2D eigenvalue weighted by Gasteiger charge is -2.24. The van der Waals surface area contributed by atoms with Gasteiger partial charge in [-0.3, -0.25) is 0 Å². The molecule has 0 aromatic heterocycles. The third-order valence-corrected chi connectivity index (χ3v) is 1.93. The molecular weight excluding hydrogens is 174 g/mol. The maximum absolute atomic E-state index is 5.51. The second-order valence-electron chi connectivity index (χ2n) is 3.25. The van der Waals surface area contributed by atoms with Crippen LogP contribution in [0.4, 0.5) is 5.69 Å². The van der Waals surface area contributed by atoms with Crippen molar-refractivity contribution in [1.29, 1.82) is 0 Å². The highest BCUT2D eigenvalue weighted by molar-refractivity contribution is 5.48. The van der Waals surface area contributed by atoms with Crippen LogP contribution >= 0.6 is 0 Å². The summed E-state index contributed by atoms with van der Waals surface area (Å²) in [5.41, 5.74) is 2.09. The Morgan fingerprint density at radius 1 is 1.14 bits per heavy atom. The Kier molecular flexibility index (Phi) is 2.27. The van der Waals surface area contributed by atoms with Crippen LogP contribution in [-0.4, -0.2) is 0 Å². The molecule has 0 N–H and O–H groups in total. The number of hydrogen-bond acceptors (Lipinski definition) is 2. The first-order chi connectivity index (χ1) is 6.75. The Labute approximate surface area is 84.1 Å². The molecule has 0 unspecified atom stereocenters. The summed E-state index contributed by atoms with van der Waals surface area (Å²) in [5, 5.41) is 1.75. The van der Waals surface area contributed by atoms with E-state index in [4.69, 9.17) is 4.84 Å². The fourth-order valence-electron chi connectivity index (χ4n) is 1.38. The first-order valence-electron chi connectivity index (χ1n) is 4.57. The summed E-state index contributed by atoms with van der Waals surface area (Å²) in [5.74, 6) is 0.786. The quantitative estimate of drug-likeness (QED) is 0.668. The summed E-state index contributed by atoms with van der Waals surface area (Å²) in [6.07, 6.45) is 5.01. The molecule has 2 heteroatoms. The Balaban J connectivity index is 2.27. The number of rotatable bonds is 1. The largest absolute Gasteiger partial charge is 0.379 e. The number of allylic oxidation sites excluding steroid dienone is 3. The van der Waals surface area contributed by atoms with Crippen LogP contribution in [0, 0.1) is 6.08 Å². The van der Waals surface area contributed by atoms with Gasteiger partial charge in [-0.25, -0.2) is 0 Å². The van der Waals surface area contributed by atoms with Gasteiger partial charge in [0, 0.05) is 12.3 Å². The van der Waals surface area contributed by atoms with Gasteiger partial charge >= 0.3 is 0 Å². The van der Waals surface area contributed by atoms with Gasteiger partial charge in [0.05, 0.1) is 5.69 Å². The van der Waals surface area contributed by atoms with E-state index in [0.717, 1.165) is 17.0 Å². The molecule has 0 fully saturated rings. The predicted molar refractivity (Wildman–Crippen MR) is 56.2 cm³/mol. The van der Waals surface area contributed by atoms with Crippen molar-refractivity contribution in [2.45, 2.75) is 13.8 Å². The van der Waals surface area contributed by atoms with Crippen LogP contribution in [0.25, 0.3) is 0 Å². The van der Waals surface area contributed by atoms with Gasteiger partial charge in [-0.15, -0.1) is 0 Å². The van der Waals surface area contributed by atoms with E-state index in [1.54, 1.807) is 5.06 Å². The minimum absolute atomic E-state index is 0.786. The molecule has 2 nitrogen and oxygen atoms in total. The molecule has 2 rings (SSSR count). The van der Waals surface area contributed by atoms with Crippen LogP contribution < -0.4 is 5.06 Å². The van der Waals surface area contributed by atoms with E-state index in [1.165, 1.54) is 0 Å². The molecule has 1 radical (unpaired) electrons. The average molecular weight is 186 g/mol. The number of para-hydroxylation sites is 1. The number of hydrogen-bond donors (Lipinski definition) is 0. The summed E-state index contributed by atoms with van der Waals surface area (Å²) >= 11 is 0. The van der Waals surface area contributed by atoms with Crippen molar-refractivity contribution in [3.05, 3.63) is 53.9 Å². The predicted octanol–water partition coefficient (Wildman–Crippen LogP) is 3.05. The first kappa shape index (κ1) is 8.88. The van der Waals surface area contributed by atoms with Crippen LogP contribution in [0.3, 0.4) is 0 Å². The van der Waals surface area contributed by atoms with Gasteiger partial charge in [0.1, 0.15) is 5.76 Å². The number of benzene rings is 1. The van der Waals surface area contributed by atoms with Gasteiger partial charge in [-0.05, 0) is 31.6 Å². The molecule has 0 atom stereocenters. The van der Waals surface area contributed by atoms with Gasteiger partial charge < -0.3 is 4.84 Å². The topological polar surface area (TPSA) is 12.5 Å². The summed E-state index contributed by atoms with van der Waals surface area (Å²) < 4.78 is 0. The summed E-state index contributed by atoms with van der Waals surface area (Å²) in [4.78, 5) is 5.51. The Morgan fingerprint density at radius 2 is 1.86 bits per heavy atom. The molecule has 1 aliphatic heterocycles. The smallest absolute Gasteiger partial charge is 0.138 e. The maximum Gasteiger partial charge on any atom is 0.138 e. The second-order valence-corrected chi connectivity index (χ2v) is 3.25. The van der Waals surface area contributed by atoms with Crippen molar-refractivity contribution in [3.8, 4) is 0 Å². The van der Waals surface area contributed by atoms with Gasteiger partial charge in [0.15, 0.2) is 0 Å². The molecular formula is C12H12NO. The van der Waals surface area contributed by atoms with Crippen molar-refractivity contribution >= 4 is 5.69 Å². The molecule has 1 heterocycles. The fraction of sp³-hybridized carbons (Fsp3) is 0.167. The normalized spacial score (nSPS) is 15.7. The molecule has 71 valence electrons. The third-order valence-electron chi connectivity index (χ3n) is 1.93. The Morgan fingerprint density at radius 3 is 2.50 bits per heavy atom. The zero-order valence-corrected chi connectivity index (χ0v) is 8.32. The molecule has 1 aromatic rings. The van der Waals surface area contributed by atoms with Gasteiger partial charge in [0.25, 0.3) is 0 Å². The van der Waals surface area contributed by atoms with E-state index in [9.17, 15) is 0 Å². The minimum atomic E-state index is 0.786. The summed E-state index contributed by atoms with van der Waals surface area (Å²) in [6.45, 7) is 3.90. The Bertz CT molecular complexity index is 379. The minimum Gasteiger partial charge on any atom is -0.379 e. The maximum atomic E-state index is 5.51. The van der Waals surface area contributed by atoms with Crippen LogP contribution in [0.15, 0.2) is 47.9 Å². The van der Waals surface area contributed by atoms with E-state index in [2.05, 4.69) is 6.08 Å². The highest BCUT2D eigenvalue weighted by Crippen LogP contribution is 2.21.